The largest absolute Gasteiger partial charge is 0.508 e. The molecule has 94 valence electrons. The third kappa shape index (κ3) is 14.5. The maximum absolute atomic E-state index is 11.0. The summed E-state index contributed by atoms with van der Waals surface area (Å²) in [6, 6.07) is 0. The molecule has 16 heavy (non-hydrogen) atoms. The van der Waals surface area contributed by atoms with Crippen LogP contribution in [0.2, 0.25) is 0 Å². The van der Waals surface area contributed by atoms with E-state index in [9.17, 15) is 9.59 Å². The van der Waals surface area contributed by atoms with Crippen LogP contribution in [0.25, 0.3) is 0 Å². The molecule has 0 aromatic carbocycles. The van der Waals surface area contributed by atoms with Crippen LogP contribution in [0, 0.1) is 5.41 Å². The molecule has 8 heteroatoms. The molecule has 0 rings (SSSR count). The molecule has 3 N–H and O–H groups in total. The predicted octanol–water partition coefficient (Wildman–Crippen LogP) is 1.45. The lowest BCUT2D eigenvalue weighted by atomic mass is 9.98. The molecule has 0 saturated heterocycles. The molecule has 0 amide bonds. The van der Waals surface area contributed by atoms with Crippen LogP contribution in [0.5, 0.6) is 0 Å². The van der Waals surface area contributed by atoms with Crippen LogP contribution in [-0.4, -0.2) is 40.4 Å². The average molecular weight is 238 g/mol. The van der Waals surface area contributed by atoms with E-state index >= 15 is 0 Å². The standard InChI is InChI=1S/C7H12O5.CH2O3/c1-7(2,3)5(8)11-4-12-6(9)10;2-1(3)4/h4H2,1-3H3,(H,9,10);(H2,2,3,4). The normalized spacial score (nSPS) is 9.44. The van der Waals surface area contributed by atoms with Crippen molar-refractivity contribution in [2.75, 3.05) is 6.79 Å². The highest BCUT2D eigenvalue weighted by Crippen LogP contribution is 2.14. The lowest BCUT2D eigenvalue weighted by Crippen LogP contribution is -2.24. The van der Waals surface area contributed by atoms with Gasteiger partial charge in [-0.15, -0.1) is 0 Å². The summed E-state index contributed by atoms with van der Waals surface area (Å²) in [5.74, 6) is -0.497. The average Bonchev–Trinajstić information content (AvgIpc) is 2.00. The van der Waals surface area contributed by atoms with Crippen molar-refractivity contribution in [2.24, 2.45) is 5.41 Å². The van der Waals surface area contributed by atoms with Crippen LogP contribution >= 0.6 is 0 Å². The molecule has 0 spiro atoms. The molecule has 0 heterocycles. The van der Waals surface area contributed by atoms with Gasteiger partial charge in [-0.2, -0.15) is 0 Å². The summed E-state index contributed by atoms with van der Waals surface area (Å²) in [5.41, 5.74) is -0.637. The second-order valence-electron chi connectivity index (χ2n) is 3.49. The molecule has 0 aliphatic rings. The Morgan fingerprint density at radius 1 is 1.00 bits per heavy atom. The number of esters is 1. The number of rotatable bonds is 2. The lowest BCUT2D eigenvalue weighted by Gasteiger charge is -2.15. The first-order chi connectivity index (χ1) is 7.07. The van der Waals surface area contributed by atoms with Crippen LogP contribution in [-0.2, 0) is 14.3 Å². The Balaban J connectivity index is 0. The van der Waals surface area contributed by atoms with Crippen molar-refractivity contribution < 1.29 is 39.2 Å². The second-order valence-corrected chi connectivity index (χ2v) is 3.49. The van der Waals surface area contributed by atoms with Crippen LogP contribution in [0.15, 0.2) is 0 Å². The van der Waals surface area contributed by atoms with E-state index in [1.54, 1.807) is 20.8 Å². The summed E-state index contributed by atoms with van der Waals surface area (Å²) in [5, 5.41) is 22.0. The number of hydrogen-bond acceptors (Lipinski definition) is 5. The maximum Gasteiger partial charge on any atom is 0.508 e. The van der Waals surface area contributed by atoms with Gasteiger partial charge in [-0.1, -0.05) is 0 Å². The van der Waals surface area contributed by atoms with E-state index in [0.717, 1.165) is 0 Å². The van der Waals surface area contributed by atoms with E-state index in [0.29, 0.717) is 0 Å². The molecule has 0 fully saturated rings. The zero-order chi connectivity index (χ0) is 13.4. The Morgan fingerprint density at radius 3 is 1.62 bits per heavy atom. The van der Waals surface area contributed by atoms with Crippen molar-refractivity contribution in [3.8, 4) is 0 Å². The van der Waals surface area contributed by atoms with Crippen molar-refractivity contribution in [1.29, 1.82) is 0 Å². The van der Waals surface area contributed by atoms with Crippen molar-refractivity contribution >= 4 is 18.3 Å². The Morgan fingerprint density at radius 2 is 1.38 bits per heavy atom. The molecule has 0 unspecified atom stereocenters. The molecule has 0 aliphatic carbocycles. The zero-order valence-electron chi connectivity index (χ0n) is 9.09. The minimum absolute atomic E-state index is 0.497. The van der Waals surface area contributed by atoms with Gasteiger partial charge in [0, 0.05) is 0 Å². The lowest BCUT2D eigenvalue weighted by molar-refractivity contribution is -0.162. The smallest absolute Gasteiger partial charge is 0.450 e. The summed E-state index contributed by atoms with van der Waals surface area (Å²) in [6.07, 6.45) is -3.29. The highest BCUT2D eigenvalue weighted by atomic mass is 16.7. The van der Waals surface area contributed by atoms with E-state index < -0.39 is 30.5 Å². The molecule has 0 aromatic heterocycles. The van der Waals surface area contributed by atoms with Crippen LogP contribution in [0.3, 0.4) is 0 Å². The van der Waals surface area contributed by atoms with Gasteiger partial charge in [0.2, 0.25) is 6.79 Å². The summed E-state index contributed by atoms with van der Waals surface area (Å²) >= 11 is 0. The molecule has 0 radical (unpaired) electrons. The van der Waals surface area contributed by atoms with Crippen molar-refractivity contribution in [3.63, 3.8) is 0 Å². The van der Waals surface area contributed by atoms with Crippen molar-refractivity contribution in [2.45, 2.75) is 20.8 Å². The minimum Gasteiger partial charge on any atom is -0.450 e. The summed E-state index contributed by atoms with van der Waals surface area (Å²) in [7, 11) is 0. The van der Waals surface area contributed by atoms with E-state index in [4.69, 9.17) is 20.1 Å². The van der Waals surface area contributed by atoms with Gasteiger partial charge >= 0.3 is 18.3 Å². The van der Waals surface area contributed by atoms with Gasteiger partial charge in [0.25, 0.3) is 0 Å². The van der Waals surface area contributed by atoms with E-state index in [-0.39, 0.29) is 0 Å². The first-order valence-electron chi connectivity index (χ1n) is 4.02. The van der Waals surface area contributed by atoms with Gasteiger partial charge < -0.3 is 24.8 Å². The molecule has 8 nitrogen and oxygen atoms in total. The van der Waals surface area contributed by atoms with Gasteiger partial charge in [0.05, 0.1) is 5.41 Å². The number of carboxylic acid groups (broad SMARTS) is 3. The molecule has 0 aliphatic heterocycles. The van der Waals surface area contributed by atoms with Crippen molar-refractivity contribution in [1.82, 2.24) is 0 Å². The first-order valence-corrected chi connectivity index (χ1v) is 4.02. The van der Waals surface area contributed by atoms with Gasteiger partial charge in [-0.05, 0) is 20.8 Å². The Hall–Kier alpha value is -1.99. The molecule has 0 aromatic rings. The topological polar surface area (TPSA) is 130 Å². The fourth-order valence-electron chi connectivity index (χ4n) is 0.350. The molecular formula is C8H14O8. The summed E-state index contributed by atoms with van der Waals surface area (Å²) in [6.45, 7) is 4.44. The maximum atomic E-state index is 11.0. The molecule has 0 atom stereocenters. The Kier molecular flexibility index (Phi) is 7.52. The van der Waals surface area contributed by atoms with Crippen LogP contribution in [0.1, 0.15) is 20.8 Å². The summed E-state index contributed by atoms with van der Waals surface area (Å²) in [4.78, 5) is 29.3. The van der Waals surface area contributed by atoms with Gasteiger partial charge in [-0.25, -0.2) is 9.59 Å². The molecular weight excluding hydrogens is 224 g/mol. The number of carbonyl (C=O) groups excluding carboxylic acids is 1. The Labute approximate surface area is 91.4 Å². The monoisotopic (exact) mass is 238 g/mol. The predicted molar refractivity (Wildman–Crippen MR) is 50.2 cm³/mol. The van der Waals surface area contributed by atoms with Gasteiger partial charge in [-0.3, -0.25) is 4.79 Å². The number of hydrogen-bond donors (Lipinski definition) is 3. The number of ether oxygens (including phenoxy) is 2. The second kappa shape index (κ2) is 7.32. The van der Waals surface area contributed by atoms with E-state index in [1.165, 1.54) is 0 Å². The highest BCUT2D eigenvalue weighted by Gasteiger charge is 2.23. The van der Waals surface area contributed by atoms with Crippen molar-refractivity contribution in [3.05, 3.63) is 0 Å². The third-order valence-corrected chi connectivity index (χ3v) is 0.985. The van der Waals surface area contributed by atoms with E-state index in [2.05, 4.69) is 9.47 Å². The third-order valence-electron chi connectivity index (χ3n) is 0.985. The fraction of sp³-hybridized carbons (Fsp3) is 0.625. The summed E-state index contributed by atoms with van der Waals surface area (Å²) < 4.78 is 8.46. The minimum atomic E-state index is -1.83. The van der Waals surface area contributed by atoms with E-state index in [1.807, 2.05) is 0 Å². The van der Waals surface area contributed by atoms with Crippen LogP contribution in [0.4, 0.5) is 9.59 Å². The van der Waals surface area contributed by atoms with Crippen LogP contribution < -0.4 is 0 Å². The van der Waals surface area contributed by atoms with Gasteiger partial charge in [0.15, 0.2) is 0 Å². The fourth-order valence-corrected chi connectivity index (χ4v) is 0.350. The zero-order valence-corrected chi connectivity index (χ0v) is 9.09. The molecule has 0 bridgehead atoms. The number of carbonyl (C=O) groups is 3. The quantitative estimate of drug-likeness (QED) is 0.486. The first kappa shape index (κ1) is 16.4. The van der Waals surface area contributed by atoms with Gasteiger partial charge in [0.1, 0.15) is 0 Å². The molecule has 0 saturated carbocycles. The highest BCUT2D eigenvalue weighted by molar-refractivity contribution is 5.75. The SMILES string of the molecule is CC(C)(C)C(=O)OCOC(=O)O.O=C(O)O. The Bertz CT molecular complexity index is 247.